The number of amides is 1. The minimum absolute atomic E-state index is 0.0719. The molecule has 0 aromatic heterocycles. The van der Waals surface area contributed by atoms with Gasteiger partial charge in [-0.15, -0.1) is 0 Å². The number of hydrogen-bond acceptors (Lipinski definition) is 2. The summed E-state index contributed by atoms with van der Waals surface area (Å²) in [4.78, 5) is 23.7. The fourth-order valence-corrected chi connectivity index (χ4v) is 1.37. The van der Waals surface area contributed by atoms with Crippen molar-refractivity contribution in [1.29, 1.82) is 0 Å². The Morgan fingerprint density at radius 2 is 2.18 bits per heavy atom. The molecule has 3 nitrogen and oxygen atoms in total. The monoisotopic (exact) mass is 155 g/mol. The molecule has 0 aliphatic carbocycles. The molecule has 1 atom stereocenters. The van der Waals surface area contributed by atoms with Crippen LogP contribution in [-0.2, 0) is 9.59 Å². The van der Waals surface area contributed by atoms with Crippen LogP contribution in [0.4, 0.5) is 0 Å². The third-order valence-electron chi connectivity index (χ3n) is 2.70. The molecule has 62 valence electrons. The standard InChI is InChI=1S/C8H13NO2/c1-6(10)8(2)5-4-7(11)9(8)3/h4-5H2,1-3H3. The molecule has 0 radical (unpaired) electrons. The van der Waals surface area contributed by atoms with Gasteiger partial charge in [0.2, 0.25) is 5.91 Å². The fourth-order valence-electron chi connectivity index (χ4n) is 1.37. The minimum atomic E-state index is -0.531. The van der Waals surface area contributed by atoms with Crippen molar-refractivity contribution >= 4 is 11.7 Å². The van der Waals surface area contributed by atoms with Gasteiger partial charge in [0.1, 0.15) is 0 Å². The van der Waals surface area contributed by atoms with Gasteiger partial charge < -0.3 is 4.90 Å². The molecule has 1 saturated heterocycles. The number of carbonyl (C=O) groups is 2. The zero-order chi connectivity index (χ0) is 8.65. The molecule has 11 heavy (non-hydrogen) atoms. The van der Waals surface area contributed by atoms with Crippen molar-refractivity contribution in [2.24, 2.45) is 0 Å². The summed E-state index contributed by atoms with van der Waals surface area (Å²) in [6.07, 6.45) is 1.17. The van der Waals surface area contributed by atoms with Crippen LogP contribution in [0.1, 0.15) is 26.7 Å². The number of Topliss-reactive ketones (excluding diaryl/α,β-unsaturated/α-hetero) is 1. The minimum Gasteiger partial charge on any atom is -0.333 e. The van der Waals surface area contributed by atoms with Gasteiger partial charge in [0.25, 0.3) is 0 Å². The fraction of sp³-hybridized carbons (Fsp3) is 0.750. The summed E-state index contributed by atoms with van der Waals surface area (Å²) in [5.41, 5.74) is -0.531. The summed E-state index contributed by atoms with van der Waals surface area (Å²) in [5.74, 6) is 0.147. The zero-order valence-corrected chi connectivity index (χ0v) is 7.18. The van der Waals surface area contributed by atoms with Gasteiger partial charge in [-0.25, -0.2) is 0 Å². The molecule has 0 saturated carbocycles. The molecular weight excluding hydrogens is 142 g/mol. The van der Waals surface area contributed by atoms with E-state index in [2.05, 4.69) is 0 Å². The van der Waals surface area contributed by atoms with Gasteiger partial charge in [-0.2, -0.15) is 0 Å². The SMILES string of the molecule is CC(=O)C1(C)CCC(=O)N1C. The first-order valence-electron chi connectivity index (χ1n) is 3.76. The van der Waals surface area contributed by atoms with Crippen molar-refractivity contribution in [3.63, 3.8) is 0 Å². The number of carbonyl (C=O) groups excluding carboxylic acids is 2. The summed E-state index contributed by atoms with van der Waals surface area (Å²) in [7, 11) is 1.69. The molecule has 3 heteroatoms. The van der Waals surface area contributed by atoms with E-state index in [4.69, 9.17) is 0 Å². The second kappa shape index (κ2) is 2.32. The maximum Gasteiger partial charge on any atom is 0.223 e. The predicted octanol–water partition coefficient (Wildman–Crippen LogP) is 0.586. The van der Waals surface area contributed by atoms with Crippen LogP contribution in [0.3, 0.4) is 0 Å². The first-order chi connectivity index (χ1) is 4.98. The van der Waals surface area contributed by atoms with Gasteiger partial charge in [-0.3, -0.25) is 9.59 Å². The Morgan fingerprint density at radius 3 is 2.36 bits per heavy atom. The number of ketones is 1. The lowest BCUT2D eigenvalue weighted by atomic mass is 9.95. The molecule has 1 unspecified atom stereocenters. The first-order valence-corrected chi connectivity index (χ1v) is 3.76. The summed E-state index contributed by atoms with van der Waals surface area (Å²) < 4.78 is 0. The van der Waals surface area contributed by atoms with Crippen LogP contribution in [-0.4, -0.2) is 29.2 Å². The molecule has 0 aromatic carbocycles. The van der Waals surface area contributed by atoms with E-state index in [0.29, 0.717) is 12.8 Å². The smallest absolute Gasteiger partial charge is 0.223 e. The molecule has 0 spiro atoms. The summed E-state index contributed by atoms with van der Waals surface area (Å²) >= 11 is 0. The maximum atomic E-state index is 11.1. The number of rotatable bonds is 1. The van der Waals surface area contributed by atoms with E-state index >= 15 is 0 Å². The van der Waals surface area contributed by atoms with E-state index in [0.717, 1.165) is 0 Å². The Hall–Kier alpha value is -0.860. The van der Waals surface area contributed by atoms with E-state index in [1.807, 2.05) is 6.92 Å². The summed E-state index contributed by atoms with van der Waals surface area (Å²) in [5, 5.41) is 0. The van der Waals surface area contributed by atoms with E-state index in [-0.39, 0.29) is 11.7 Å². The predicted molar refractivity (Wildman–Crippen MR) is 41.1 cm³/mol. The van der Waals surface area contributed by atoms with Gasteiger partial charge in [-0.05, 0) is 20.3 Å². The number of hydrogen-bond donors (Lipinski definition) is 0. The highest BCUT2D eigenvalue weighted by molar-refractivity contribution is 5.94. The van der Waals surface area contributed by atoms with Crippen molar-refractivity contribution in [3.05, 3.63) is 0 Å². The molecule has 1 rings (SSSR count). The van der Waals surface area contributed by atoms with Crippen molar-refractivity contribution in [1.82, 2.24) is 4.90 Å². The topological polar surface area (TPSA) is 37.4 Å². The maximum absolute atomic E-state index is 11.1. The average Bonchev–Trinajstić information content (AvgIpc) is 2.18. The Labute approximate surface area is 66.4 Å². The molecule has 1 aliphatic heterocycles. The molecule has 1 amide bonds. The lowest BCUT2D eigenvalue weighted by Gasteiger charge is -2.29. The molecule has 0 aromatic rings. The van der Waals surface area contributed by atoms with E-state index in [1.54, 1.807) is 11.9 Å². The lowest BCUT2D eigenvalue weighted by molar-refractivity contribution is -0.136. The van der Waals surface area contributed by atoms with Crippen LogP contribution in [0.25, 0.3) is 0 Å². The summed E-state index contributed by atoms with van der Waals surface area (Å²) in [6, 6.07) is 0. The number of likely N-dealkylation sites (tertiary alicyclic amines) is 1. The van der Waals surface area contributed by atoms with Crippen LogP contribution in [0.5, 0.6) is 0 Å². The second-order valence-corrected chi connectivity index (χ2v) is 3.28. The molecule has 0 bridgehead atoms. The van der Waals surface area contributed by atoms with Gasteiger partial charge >= 0.3 is 0 Å². The number of likely N-dealkylation sites (N-methyl/N-ethyl adjacent to an activating group) is 1. The average molecular weight is 155 g/mol. The van der Waals surface area contributed by atoms with Crippen molar-refractivity contribution in [2.75, 3.05) is 7.05 Å². The van der Waals surface area contributed by atoms with E-state index < -0.39 is 5.54 Å². The van der Waals surface area contributed by atoms with Crippen molar-refractivity contribution in [3.8, 4) is 0 Å². The molecule has 1 fully saturated rings. The molecular formula is C8H13NO2. The Bertz CT molecular complexity index is 212. The van der Waals surface area contributed by atoms with Gasteiger partial charge in [0, 0.05) is 13.5 Å². The number of nitrogens with zero attached hydrogens (tertiary/aromatic N) is 1. The molecule has 1 heterocycles. The Kier molecular flexibility index (Phi) is 1.74. The van der Waals surface area contributed by atoms with Gasteiger partial charge in [-0.1, -0.05) is 0 Å². The van der Waals surface area contributed by atoms with Gasteiger partial charge in [0.05, 0.1) is 5.54 Å². The van der Waals surface area contributed by atoms with Crippen LogP contribution < -0.4 is 0 Å². The van der Waals surface area contributed by atoms with Crippen LogP contribution in [0, 0.1) is 0 Å². The Morgan fingerprint density at radius 1 is 1.64 bits per heavy atom. The van der Waals surface area contributed by atoms with Crippen LogP contribution in [0.2, 0.25) is 0 Å². The van der Waals surface area contributed by atoms with Crippen molar-refractivity contribution in [2.45, 2.75) is 32.2 Å². The normalized spacial score (nSPS) is 31.2. The molecule has 0 N–H and O–H groups in total. The van der Waals surface area contributed by atoms with E-state index in [9.17, 15) is 9.59 Å². The highest BCUT2D eigenvalue weighted by atomic mass is 16.2. The van der Waals surface area contributed by atoms with Crippen LogP contribution in [0.15, 0.2) is 0 Å². The third kappa shape index (κ3) is 1.04. The zero-order valence-electron chi connectivity index (χ0n) is 7.18. The third-order valence-corrected chi connectivity index (χ3v) is 2.70. The van der Waals surface area contributed by atoms with Crippen LogP contribution >= 0.6 is 0 Å². The first kappa shape index (κ1) is 8.24. The summed E-state index contributed by atoms with van der Waals surface area (Å²) in [6.45, 7) is 3.36. The quantitative estimate of drug-likeness (QED) is 0.555. The largest absolute Gasteiger partial charge is 0.333 e. The van der Waals surface area contributed by atoms with E-state index in [1.165, 1.54) is 6.92 Å². The second-order valence-electron chi connectivity index (χ2n) is 3.28. The molecule has 1 aliphatic rings. The highest BCUT2D eigenvalue weighted by Gasteiger charge is 2.42. The van der Waals surface area contributed by atoms with Gasteiger partial charge in [0.15, 0.2) is 5.78 Å². The highest BCUT2D eigenvalue weighted by Crippen LogP contribution is 2.28. The van der Waals surface area contributed by atoms with Crippen molar-refractivity contribution < 1.29 is 9.59 Å². The Balaban J connectivity index is 2.89. The lowest BCUT2D eigenvalue weighted by Crippen LogP contribution is -2.45.